The summed E-state index contributed by atoms with van der Waals surface area (Å²) in [7, 11) is 0. The van der Waals surface area contributed by atoms with Crippen molar-refractivity contribution in [2.45, 2.75) is 91.3 Å². The Kier molecular flexibility index (Phi) is 10.5. The highest BCUT2D eigenvalue weighted by Crippen LogP contribution is 2.23. The van der Waals surface area contributed by atoms with Gasteiger partial charge in [-0.1, -0.05) is 26.0 Å². The van der Waals surface area contributed by atoms with Crippen LogP contribution in [0.1, 0.15) is 80.1 Å². The minimum atomic E-state index is -0.917. The van der Waals surface area contributed by atoms with Crippen LogP contribution in [-0.2, 0) is 19.1 Å². The summed E-state index contributed by atoms with van der Waals surface area (Å²) in [6, 6.07) is 0. The smallest absolute Gasteiger partial charge is 0.418 e. The maximum Gasteiger partial charge on any atom is 0.418 e. The van der Waals surface area contributed by atoms with Gasteiger partial charge in [0.25, 0.3) is 0 Å². The molecule has 26 heavy (non-hydrogen) atoms. The summed E-state index contributed by atoms with van der Waals surface area (Å²) in [6.07, 6.45) is 8.95. The number of hydrogen-bond donors (Lipinski definition) is 0. The molecule has 150 valence electrons. The van der Waals surface area contributed by atoms with Crippen molar-refractivity contribution < 1.29 is 19.1 Å². The zero-order valence-electron chi connectivity index (χ0n) is 17.6. The van der Waals surface area contributed by atoms with E-state index in [2.05, 4.69) is 27.0 Å². The van der Waals surface area contributed by atoms with Gasteiger partial charge in [-0.2, -0.15) is 0 Å². The van der Waals surface area contributed by atoms with Gasteiger partial charge in [0.2, 0.25) is 0 Å². The largest absolute Gasteiger partial charge is 0.451 e. The molecule has 2 unspecified atom stereocenters. The van der Waals surface area contributed by atoms with Gasteiger partial charge in [0.1, 0.15) is 11.2 Å². The molecule has 0 aromatic carbocycles. The van der Waals surface area contributed by atoms with Gasteiger partial charge in [0.15, 0.2) is 0 Å². The van der Waals surface area contributed by atoms with Crippen LogP contribution in [0, 0.1) is 11.8 Å². The predicted octanol–water partition coefficient (Wildman–Crippen LogP) is 5.61. The van der Waals surface area contributed by atoms with Gasteiger partial charge in [-0.05, 0) is 78.1 Å². The van der Waals surface area contributed by atoms with Crippen molar-refractivity contribution in [3.63, 3.8) is 0 Å². The molecule has 0 N–H and O–H groups in total. The lowest BCUT2D eigenvalue weighted by Gasteiger charge is -2.28. The zero-order valence-corrected chi connectivity index (χ0v) is 17.6. The van der Waals surface area contributed by atoms with Gasteiger partial charge in [-0.15, -0.1) is 13.2 Å². The molecule has 0 radical (unpaired) electrons. The van der Waals surface area contributed by atoms with Crippen molar-refractivity contribution in [1.29, 1.82) is 0 Å². The fourth-order valence-corrected chi connectivity index (χ4v) is 2.62. The van der Waals surface area contributed by atoms with Crippen LogP contribution in [0.25, 0.3) is 0 Å². The van der Waals surface area contributed by atoms with Gasteiger partial charge in [-0.25, -0.2) is 9.59 Å². The van der Waals surface area contributed by atoms with Gasteiger partial charge in [0, 0.05) is 0 Å². The molecule has 0 aliphatic rings. The number of allylic oxidation sites excluding steroid dienone is 2. The van der Waals surface area contributed by atoms with Crippen LogP contribution in [0.15, 0.2) is 25.3 Å². The molecular formula is C22H38O4. The van der Waals surface area contributed by atoms with Crippen LogP contribution in [0.2, 0.25) is 0 Å². The lowest BCUT2D eigenvalue weighted by Crippen LogP contribution is -2.37. The van der Waals surface area contributed by atoms with Crippen molar-refractivity contribution in [1.82, 2.24) is 0 Å². The first-order valence-electron chi connectivity index (χ1n) is 9.64. The number of hydrogen-bond acceptors (Lipinski definition) is 4. The van der Waals surface area contributed by atoms with Crippen molar-refractivity contribution in [3.8, 4) is 0 Å². The van der Waals surface area contributed by atoms with Crippen LogP contribution in [0.3, 0.4) is 0 Å². The number of carbonyl (C=O) groups excluding carboxylic acids is 2. The fraction of sp³-hybridized carbons (Fsp3) is 0.727. The number of rotatable bonds is 12. The van der Waals surface area contributed by atoms with Crippen molar-refractivity contribution >= 4 is 11.9 Å². The van der Waals surface area contributed by atoms with E-state index in [0.717, 1.165) is 25.7 Å². The van der Waals surface area contributed by atoms with E-state index in [-0.39, 0.29) is 0 Å². The summed E-state index contributed by atoms with van der Waals surface area (Å²) in [5, 5.41) is 0. The van der Waals surface area contributed by atoms with Crippen molar-refractivity contribution in [3.05, 3.63) is 25.3 Å². The lowest BCUT2D eigenvalue weighted by molar-refractivity contribution is -0.183. The second-order valence-electron chi connectivity index (χ2n) is 8.51. The summed E-state index contributed by atoms with van der Waals surface area (Å²) < 4.78 is 10.7. The molecule has 2 atom stereocenters. The zero-order chi connectivity index (χ0) is 20.4. The third-order valence-corrected chi connectivity index (χ3v) is 4.59. The standard InChI is InChI=1S/C22H38O4/c1-9-17(3)13-11-15-21(5,6)25-19(23)20(24)26-22(7,8)16-12-14-18(4)10-2/h9-10,17-18H,1-2,11-16H2,3-8H3. The van der Waals surface area contributed by atoms with Gasteiger partial charge in [0.05, 0.1) is 0 Å². The van der Waals surface area contributed by atoms with Crippen LogP contribution >= 0.6 is 0 Å². The molecule has 0 aromatic rings. The molecule has 0 rings (SSSR count). The minimum absolute atomic E-state index is 0.427. The quantitative estimate of drug-likeness (QED) is 0.256. The topological polar surface area (TPSA) is 52.6 Å². The Labute approximate surface area is 160 Å². The lowest BCUT2D eigenvalue weighted by atomic mass is 9.96. The minimum Gasteiger partial charge on any atom is -0.451 e. The molecule has 0 fully saturated rings. The predicted molar refractivity (Wildman–Crippen MR) is 107 cm³/mol. The Morgan fingerprint density at radius 3 is 1.38 bits per heavy atom. The average molecular weight is 367 g/mol. The highest BCUT2D eigenvalue weighted by molar-refractivity contribution is 6.29. The molecule has 0 aliphatic heterocycles. The third kappa shape index (κ3) is 11.1. The summed E-state index contributed by atoms with van der Waals surface area (Å²) in [5.41, 5.74) is -1.39. The summed E-state index contributed by atoms with van der Waals surface area (Å²) in [6.45, 7) is 19.0. The Morgan fingerprint density at radius 1 is 0.808 bits per heavy atom. The van der Waals surface area contributed by atoms with Crippen LogP contribution in [0.5, 0.6) is 0 Å². The highest BCUT2D eigenvalue weighted by atomic mass is 16.6. The molecule has 0 aromatic heterocycles. The molecule has 0 saturated heterocycles. The second kappa shape index (κ2) is 11.2. The van der Waals surface area contributed by atoms with E-state index in [9.17, 15) is 9.59 Å². The third-order valence-electron chi connectivity index (χ3n) is 4.59. The Balaban J connectivity index is 4.40. The van der Waals surface area contributed by atoms with Gasteiger partial charge < -0.3 is 9.47 Å². The monoisotopic (exact) mass is 366 g/mol. The molecule has 0 bridgehead atoms. The molecule has 0 amide bonds. The summed E-state index contributed by atoms with van der Waals surface area (Å²) in [4.78, 5) is 24.2. The van der Waals surface area contributed by atoms with E-state index >= 15 is 0 Å². The Hall–Kier alpha value is -1.58. The van der Waals surface area contributed by atoms with E-state index in [1.165, 1.54) is 0 Å². The second-order valence-corrected chi connectivity index (χ2v) is 8.51. The molecular weight excluding hydrogens is 328 g/mol. The molecule has 4 heteroatoms. The van der Waals surface area contributed by atoms with Crippen LogP contribution in [0.4, 0.5) is 0 Å². The van der Waals surface area contributed by atoms with E-state index in [0.29, 0.717) is 24.7 Å². The number of carbonyl (C=O) groups is 2. The number of esters is 2. The average Bonchev–Trinajstić information content (AvgIpc) is 2.52. The summed E-state index contributed by atoms with van der Waals surface area (Å²) in [5.74, 6) is -0.981. The summed E-state index contributed by atoms with van der Waals surface area (Å²) >= 11 is 0. The maximum atomic E-state index is 12.1. The van der Waals surface area contributed by atoms with Gasteiger partial charge >= 0.3 is 11.9 Å². The van der Waals surface area contributed by atoms with Crippen LogP contribution < -0.4 is 0 Å². The molecule has 0 heterocycles. The fourth-order valence-electron chi connectivity index (χ4n) is 2.62. The molecule has 0 saturated carbocycles. The van der Waals surface area contributed by atoms with E-state index in [1.54, 1.807) is 0 Å². The number of ether oxygens (including phenoxy) is 2. The molecule has 4 nitrogen and oxygen atoms in total. The maximum absolute atomic E-state index is 12.1. The van der Waals surface area contributed by atoms with E-state index in [1.807, 2.05) is 39.8 Å². The van der Waals surface area contributed by atoms with E-state index in [4.69, 9.17) is 9.47 Å². The first-order chi connectivity index (χ1) is 11.9. The Morgan fingerprint density at radius 2 is 1.12 bits per heavy atom. The highest BCUT2D eigenvalue weighted by Gasteiger charge is 2.32. The van der Waals surface area contributed by atoms with Crippen molar-refractivity contribution in [2.24, 2.45) is 11.8 Å². The Bertz CT molecular complexity index is 433. The SMILES string of the molecule is C=CC(C)CCCC(C)(C)OC(=O)C(=O)OC(C)(C)CCCC(C)C=C. The molecule has 0 spiro atoms. The first kappa shape index (κ1) is 24.4. The normalized spacial score (nSPS) is 14.2. The van der Waals surface area contributed by atoms with Crippen LogP contribution in [-0.4, -0.2) is 23.1 Å². The first-order valence-corrected chi connectivity index (χ1v) is 9.64. The van der Waals surface area contributed by atoms with Crippen molar-refractivity contribution in [2.75, 3.05) is 0 Å². The molecule has 0 aliphatic carbocycles. The van der Waals surface area contributed by atoms with Gasteiger partial charge in [-0.3, -0.25) is 0 Å². The van der Waals surface area contributed by atoms with E-state index < -0.39 is 23.1 Å².